The number of aromatic amines is 1. The van der Waals surface area contributed by atoms with Crippen LogP contribution in [0.5, 0.6) is 5.88 Å². The second-order valence-corrected chi connectivity index (χ2v) is 7.35. The molecule has 0 amide bonds. The van der Waals surface area contributed by atoms with Gasteiger partial charge in [0.1, 0.15) is 11.6 Å². The van der Waals surface area contributed by atoms with Crippen molar-refractivity contribution in [3.8, 4) is 5.88 Å². The van der Waals surface area contributed by atoms with E-state index < -0.39 is 0 Å². The SMILES string of the molecule is COc1cccc2nnc(CCN3CCC(c4c[nH]c5cc(F)ccc45)C3)n12. The fraction of sp³-hybridized carbons (Fsp3) is 0.333. The Morgan fingerprint density at radius 3 is 3.07 bits per heavy atom. The van der Waals surface area contributed by atoms with Crippen LogP contribution in [-0.2, 0) is 6.42 Å². The van der Waals surface area contributed by atoms with Crippen molar-refractivity contribution in [3.63, 3.8) is 0 Å². The highest BCUT2D eigenvalue weighted by atomic mass is 19.1. The average molecular weight is 379 g/mol. The lowest BCUT2D eigenvalue weighted by Crippen LogP contribution is -2.23. The summed E-state index contributed by atoms with van der Waals surface area (Å²) < 4.78 is 20.9. The van der Waals surface area contributed by atoms with Crippen LogP contribution in [0.15, 0.2) is 42.6 Å². The molecule has 1 atom stereocenters. The largest absolute Gasteiger partial charge is 0.482 e. The fourth-order valence-electron chi connectivity index (χ4n) is 4.30. The first-order valence-electron chi connectivity index (χ1n) is 9.59. The first-order chi connectivity index (χ1) is 13.7. The van der Waals surface area contributed by atoms with Gasteiger partial charge in [0.25, 0.3) is 0 Å². The highest BCUT2D eigenvalue weighted by Crippen LogP contribution is 2.32. The third-order valence-electron chi connectivity index (χ3n) is 5.71. The Balaban J connectivity index is 1.29. The van der Waals surface area contributed by atoms with Gasteiger partial charge in [-0.3, -0.25) is 0 Å². The standard InChI is InChI=1S/C21H22FN5O/c1-28-21-4-2-3-19-24-25-20(27(19)21)8-10-26-9-7-14(13-26)17-12-23-18-11-15(22)5-6-16(17)18/h2-6,11-12,14,23H,7-10,13H2,1H3. The van der Waals surface area contributed by atoms with Crippen molar-refractivity contribution in [3.05, 3.63) is 59.8 Å². The Morgan fingerprint density at radius 1 is 1.25 bits per heavy atom. The fourth-order valence-corrected chi connectivity index (χ4v) is 4.30. The Hall–Kier alpha value is -2.93. The predicted octanol–water partition coefficient (Wildman–Crippen LogP) is 3.39. The Kier molecular flexibility index (Phi) is 4.24. The molecule has 1 aliphatic rings. The Labute approximate surface area is 161 Å². The maximum Gasteiger partial charge on any atom is 0.200 e. The average Bonchev–Trinajstić information content (AvgIpc) is 3.43. The van der Waals surface area contributed by atoms with Crippen LogP contribution in [0.2, 0.25) is 0 Å². The quantitative estimate of drug-likeness (QED) is 0.577. The summed E-state index contributed by atoms with van der Waals surface area (Å²) in [7, 11) is 1.66. The number of fused-ring (bicyclic) bond motifs is 2. The number of benzene rings is 1. The molecule has 4 aromatic rings. The molecule has 1 aliphatic heterocycles. The molecule has 0 bridgehead atoms. The van der Waals surface area contributed by atoms with Gasteiger partial charge in [0.05, 0.1) is 7.11 Å². The molecular weight excluding hydrogens is 357 g/mol. The number of hydrogen-bond donors (Lipinski definition) is 1. The van der Waals surface area contributed by atoms with Crippen LogP contribution in [0.1, 0.15) is 23.7 Å². The molecule has 144 valence electrons. The maximum absolute atomic E-state index is 13.4. The number of rotatable bonds is 5. The first kappa shape index (κ1) is 17.2. The van der Waals surface area contributed by atoms with E-state index in [1.165, 1.54) is 11.6 Å². The van der Waals surface area contributed by atoms with E-state index in [-0.39, 0.29) is 5.82 Å². The van der Waals surface area contributed by atoms with E-state index in [0.717, 1.165) is 60.7 Å². The Bertz CT molecular complexity index is 1130. The minimum atomic E-state index is -0.204. The lowest BCUT2D eigenvalue weighted by molar-refractivity contribution is 0.334. The lowest BCUT2D eigenvalue weighted by atomic mass is 9.98. The summed E-state index contributed by atoms with van der Waals surface area (Å²) in [5.74, 6) is 1.93. The minimum absolute atomic E-state index is 0.204. The third-order valence-corrected chi connectivity index (χ3v) is 5.71. The number of hydrogen-bond acceptors (Lipinski definition) is 4. The van der Waals surface area contributed by atoms with Gasteiger partial charge in [0.15, 0.2) is 5.65 Å². The zero-order chi connectivity index (χ0) is 19.1. The summed E-state index contributed by atoms with van der Waals surface area (Å²) in [6.45, 7) is 2.97. The molecule has 0 spiro atoms. The normalized spacial score (nSPS) is 17.7. The number of pyridine rings is 1. The third kappa shape index (κ3) is 2.92. The summed E-state index contributed by atoms with van der Waals surface area (Å²) in [5.41, 5.74) is 2.96. The van der Waals surface area contributed by atoms with Gasteiger partial charge in [-0.1, -0.05) is 6.07 Å². The number of nitrogens with zero attached hydrogens (tertiary/aromatic N) is 4. The van der Waals surface area contributed by atoms with E-state index in [1.54, 1.807) is 13.2 Å². The van der Waals surface area contributed by atoms with Crippen molar-refractivity contribution in [1.29, 1.82) is 0 Å². The second kappa shape index (κ2) is 6.91. The van der Waals surface area contributed by atoms with E-state index in [4.69, 9.17) is 4.74 Å². The molecule has 7 heteroatoms. The van der Waals surface area contributed by atoms with Gasteiger partial charge < -0.3 is 14.6 Å². The lowest BCUT2D eigenvalue weighted by Gasteiger charge is -2.15. The number of methoxy groups -OCH3 is 1. The number of aromatic nitrogens is 4. The topological polar surface area (TPSA) is 58.5 Å². The number of halogens is 1. The molecule has 0 radical (unpaired) electrons. The monoisotopic (exact) mass is 379 g/mol. The molecule has 0 aliphatic carbocycles. The Morgan fingerprint density at radius 2 is 2.18 bits per heavy atom. The van der Waals surface area contributed by atoms with Gasteiger partial charge in [0, 0.05) is 36.6 Å². The molecule has 6 nitrogen and oxygen atoms in total. The molecule has 5 rings (SSSR count). The highest BCUT2D eigenvalue weighted by molar-refractivity contribution is 5.83. The molecule has 1 N–H and O–H groups in total. The summed E-state index contributed by atoms with van der Waals surface area (Å²) in [4.78, 5) is 5.68. The van der Waals surface area contributed by atoms with Crippen LogP contribution in [0.3, 0.4) is 0 Å². The predicted molar refractivity (Wildman–Crippen MR) is 105 cm³/mol. The van der Waals surface area contributed by atoms with Crippen LogP contribution in [0.4, 0.5) is 4.39 Å². The van der Waals surface area contributed by atoms with Gasteiger partial charge in [-0.05, 0) is 54.8 Å². The first-order valence-corrected chi connectivity index (χ1v) is 9.59. The van der Waals surface area contributed by atoms with Crippen molar-refractivity contribution in [2.24, 2.45) is 0 Å². The van der Waals surface area contributed by atoms with E-state index in [1.807, 2.05) is 34.9 Å². The molecular formula is C21H22FN5O. The summed E-state index contributed by atoms with van der Waals surface area (Å²) in [5, 5.41) is 9.72. The van der Waals surface area contributed by atoms with Crippen molar-refractivity contribution < 1.29 is 9.13 Å². The van der Waals surface area contributed by atoms with Crippen LogP contribution < -0.4 is 4.74 Å². The number of H-pyrrole nitrogens is 1. The van der Waals surface area contributed by atoms with Gasteiger partial charge in [0.2, 0.25) is 5.88 Å². The maximum atomic E-state index is 13.4. The molecule has 4 heterocycles. The molecule has 1 aromatic carbocycles. The number of ether oxygens (including phenoxy) is 1. The smallest absolute Gasteiger partial charge is 0.200 e. The van der Waals surface area contributed by atoms with Crippen molar-refractivity contribution in [2.75, 3.05) is 26.7 Å². The van der Waals surface area contributed by atoms with Crippen molar-refractivity contribution in [2.45, 2.75) is 18.8 Å². The molecule has 0 saturated carbocycles. The van der Waals surface area contributed by atoms with Crippen molar-refractivity contribution >= 4 is 16.6 Å². The van der Waals surface area contributed by atoms with E-state index in [2.05, 4.69) is 20.1 Å². The van der Waals surface area contributed by atoms with Gasteiger partial charge >= 0.3 is 0 Å². The van der Waals surface area contributed by atoms with E-state index >= 15 is 0 Å². The zero-order valence-electron chi connectivity index (χ0n) is 15.7. The van der Waals surface area contributed by atoms with Gasteiger partial charge in [-0.25, -0.2) is 8.79 Å². The number of nitrogens with one attached hydrogen (secondary N) is 1. The van der Waals surface area contributed by atoms with Crippen molar-refractivity contribution in [1.82, 2.24) is 24.5 Å². The van der Waals surface area contributed by atoms with Crippen LogP contribution in [0, 0.1) is 5.82 Å². The molecule has 28 heavy (non-hydrogen) atoms. The molecule has 3 aromatic heterocycles. The van der Waals surface area contributed by atoms with Gasteiger partial charge in [-0.15, -0.1) is 10.2 Å². The van der Waals surface area contributed by atoms with E-state index in [0.29, 0.717) is 5.92 Å². The summed E-state index contributed by atoms with van der Waals surface area (Å²) in [6, 6.07) is 10.8. The van der Waals surface area contributed by atoms with Crippen LogP contribution in [0.25, 0.3) is 16.6 Å². The molecule has 1 saturated heterocycles. The molecule has 1 unspecified atom stereocenters. The van der Waals surface area contributed by atoms with Crippen LogP contribution >= 0.6 is 0 Å². The molecule has 1 fully saturated rings. The second-order valence-electron chi connectivity index (χ2n) is 7.35. The summed E-state index contributed by atoms with van der Waals surface area (Å²) >= 11 is 0. The summed E-state index contributed by atoms with van der Waals surface area (Å²) in [6.07, 6.45) is 3.96. The highest BCUT2D eigenvalue weighted by Gasteiger charge is 2.26. The zero-order valence-corrected chi connectivity index (χ0v) is 15.7. The minimum Gasteiger partial charge on any atom is -0.482 e. The van der Waals surface area contributed by atoms with E-state index in [9.17, 15) is 4.39 Å². The van der Waals surface area contributed by atoms with Gasteiger partial charge in [-0.2, -0.15) is 0 Å². The van der Waals surface area contributed by atoms with Crippen LogP contribution in [-0.4, -0.2) is 51.2 Å². The number of likely N-dealkylation sites (tertiary alicyclic amines) is 1.